The molecule has 0 N–H and O–H groups in total. The summed E-state index contributed by atoms with van der Waals surface area (Å²) in [5.74, 6) is 0. The van der Waals surface area contributed by atoms with Crippen molar-refractivity contribution in [3.05, 3.63) is 34.9 Å². The molecule has 66 valence electrons. The van der Waals surface area contributed by atoms with E-state index in [1.807, 2.05) is 0 Å². The minimum Gasteiger partial charge on any atom is -0.0812 e. The molecule has 0 aromatic heterocycles. The summed E-state index contributed by atoms with van der Waals surface area (Å²) in [7, 11) is 0. The third-order valence-corrected chi connectivity index (χ3v) is 4.20. The molecule has 0 aliphatic carbocycles. The molecule has 0 bridgehead atoms. The fraction of sp³-hybridized carbons (Fsp3) is 0.333. The van der Waals surface area contributed by atoms with Crippen molar-refractivity contribution in [2.24, 2.45) is 0 Å². The lowest BCUT2D eigenvalue weighted by atomic mass is 10.1. The smallest absolute Gasteiger partial charge is 0.0253 e. The summed E-state index contributed by atoms with van der Waals surface area (Å²) in [6.45, 7) is 0. The van der Waals surface area contributed by atoms with Crippen molar-refractivity contribution in [3.8, 4) is 0 Å². The van der Waals surface area contributed by atoms with Crippen LogP contribution in [0.25, 0.3) is 0 Å². The van der Waals surface area contributed by atoms with Crippen LogP contribution >= 0.6 is 67.8 Å². The van der Waals surface area contributed by atoms with Gasteiger partial charge < -0.3 is 0 Å². The van der Waals surface area contributed by atoms with Gasteiger partial charge in [-0.25, -0.2) is 0 Å². The van der Waals surface area contributed by atoms with Crippen LogP contribution in [0.2, 0.25) is 0 Å². The maximum atomic E-state index is 2.44. The highest BCUT2D eigenvalue weighted by Crippen LogP contribution is 2.22. The van der Waals surface area contributed by atoms with Gasteiger partial charge in [0.2, 0.25) is 0 Å². The van der Waals surface area contributed by atoms with E-state index in [1.165, 1.54) is 11.1 Å². The standard InChI is InChI=1S/C9H9I3/c10-4-7-2-1-3-8(5-11)9(7)6-12/h1-3H,4-6H2. The zero-order chi connectivity index (χ0) is 8.97. The van der Waals surface area contributed by atoms with Gasteiger partial charge in [0.15, 0.2) is 0 Å². The minimum atomic E-state index is 1.13. The van der Waals surface area contributed by atoms with E-state index in [1.54, 1.807) is 5.56 Å². The summed E-state index contributed by atoms with van der Waals surface area (Å²) >= 11 is 7.30. The average molecular weight is 498 g/mol. The molecular weight excluding hydrogens is 489 g/mol. The van der Waals surface area contributed by atoms with Gasteiger partial charge in [-0.2, -0.15) is 0 Å². The molecule has 12 heavy (non-hydrogen) atoms. The van der Waals surface area contributed by atoms with Gasteiger partial charge in [0.05, 0.1) is 0 Å². The summed E-state index contributed by atoms with van der Waals surface area (Å²) in [4.78, 5) is 0. The Balaban J connectivity index is 3.13. The molecule has 0 saturated heterocycles. The summed E-state index contributed by atoms with van der Waals surface area (Å²) in [6.07, 6.45) is 0. The molecule has 1 aromatic carbocycles. The SMILES string of the molecule is ICc1cccc(CI)c1CI. The Bertz CT molecular complexity index is 236. The number of alkyl halides is 3. The Hall–Kier alpha value is 1.41. The van der Waals surface area contributed by atoms with Gasteiger partial charge in [0.1, 0.15) is 0 Å². The fourth-order valence-corrected chi connectivity index (χ4v) is 3.52. The third kappa shape index (κ3) is 2.70. The Morgan fingerprint density at radius 1 is 0.833 bits per heavy atom. The number of hydrogen-bond donors (Lipinski definition) is 0. The van der Waals surface area contributed by atoms with Crippen LogP contribution in [0, 0.1) is 0 Å². The van der Waals surface area contributed by atoms with Gasteiger partial charge in [0.25, 0.3) is 0 Å². The number of hydrogen-bond acceptors (Lipinski definition) is 0. The molecule has 0 unspecified atom stereocenters. The zero-order valence-corrected chi connectivity index (χ0v) is 13.0. The monoisotopic (exact) mass is 498 g/mol. The Kier molecular flexibility index (Phi) is 5.74. The normalized spacial score (nSPS) is 10.2. The predicted molar refractivity (Wildman–Crippen MR) is 79.6 cm³/mol. The minimum absolute atomic E-state index is 1.13. The first kappa shape index (κ1) is 11.5. The second-order valence-electron chi connectivity index (χ2n) is 2.46. The molecular formula is C9H9I3. The molecule has 0 saturated carbocycles. The molecule has 0 amide bonds. The Labute approximate surface area is 114 Å². The predicted octanol–water partition coefficient (Wildman–Crippen LogP) is 4.49. The Morgan fingerprint density at radius 3 is 1.67 bits per heavy atom. The van der Waals surface area contributed by atoms with E-state index in [2.05, 4.69) is 86.0 Å². The first-order chi connectivity index (χ1) is 5.83. The second kappa shape index (κ2) is 6.00. The summed E-state index contributed by atoms with van der Waals surface area (Å²) in [5, 5.41) is 0. The van der Waals surface area contributed by atoms with Crippen molar-refractivity contribution in [2.75, 3.05) is 0 Å². The van der Waals surface area contributed by atoms with Crippen LogP contribution < -0.4 is 0 Å². The molecule has 0 aliphatic heterocycles. The third-order valence-electron chi connectivity index (χ3n) is 1.79. The van der Waals surface area contributed by atoms with Crippen molar-refractivity contribution in [3.63, 3.8) is 0 Å². The number of halogens is 3. The van der Waals surface area contributed by atoms with Crippen molar-refractivity contribution in [2.45, 2.75) is 13.3 Å². The molecule has 0 radical (unpaired) electrons. The molecule has 0 spiro atoms. The van der Waals surface area contributed by atoms with Crippen molar-refractivity contribution >= 4 is 67.8 Å². The van der Waals surface area contributed by atoms with E-state index in [4.69, 9.17) is 0 Å². The van der Waals surface area contributed by atoms with Crippen LogP contribution in [-0.2, 0) is 13.3 Å². The maximum absolute atomic E-state index is 2.44. The molecule has 0 heterocycles. The zero-order valence-electron chi connectivity index (χ0n) is 6.49. The van der Waals surface area contributed by atoms with E-state index in [9.17, 15) is 0 Å². The molecule has 1 aromatic rings. The lowest BCUT2D eigenvalue weighted by Crippen LogP contribution is -1.93. The van der Waals surface area contributed by atoms with Crippen molar-refractivity contribution in [1.82, 2.24) is 0 Å². The summed E-state index contributed by atoms with van der Waals surface area (Å²) in [6, 6.07) is 6.63. The first-order valence-electron chi connectivity index (χ1n) is 3.61. The quantitative estimate of drug-likeness (QED) is 0.426. The molecule has 3 heteroatoms. The largest absolute Gasteiger partial charge is 0.0812 e. The van der Waals surface area contributed by atoms with Gasteiger partial charge in [0, 0.05) is 13.3 Å². The van der Waals surface area contributed by atoms with Crippen LogP contribution in [0.1, 0.15) is 16.7 Å². The van der Waals surface area contributed by atoms with E-state index in [0.717, 1.165) is 13.3 Å². The van der Waals surface area contributed by atoms with Gasteiger partial charge >= 0.3 is 0 Å². The van der Waals surface area contributed by atoms with E-state index in [-0.39, 0.29) is 0 Å². The van der Waals surface area contributed by atoms with Crippen LogP contribution in [0.4, 0.5) is 0 Å². The Morgan fingerprint density at radius 2 is 1.33 bits per heavy atom. The fourth-order valence-electron chi connectivity index (χ4n) is 1.11. The van der Waals surface area contributed by atoms with Gasteiger partial charge in [-0.05, 0) is 16.7 Å². The molecule has 0 fully saturated rings. The molecule has 1 rings (SSSR count). The maximum Gasteiger partial charge on any atom is 0.0253 e. The highest BCUT2D eigenvalue weighted by atomic mass is 127. The lowest BCUT2D eigenvalue weighted by Gasteiger charge is -2.08. The average Bonchev–Trinajstić information content (AvgIpc) is 2.16. The summed E-state index contributed by atoms with van der Waals surface area (Å²) in [5.41, 5.74) is 4.54. The van der Waals surface area contributed by atoms with Crippen molar-refractivity contribution < 1.29 is 0 Å². The summed E-state index contributed by atoms with van der Waals surface area (Å²) < 4.78 is 3.39. The molecule has 0 aliphatic rings. The number of benzene rings is 1. The highest BCUT2D eigenvalue weighted by Gasteiger charge is 2.04. The topological polar surface area (TPSA) is 0 Å². The highest BCUT2D eigenvalue weighted by molar-refractivity contribution is 14.1. The van der Waals surface area contributed by atoms with E-state index < -0.39 is 0 Å². The number of rotatable bonds is 3. The van der Waals surface area contributed by atoms with Gasteiger partial charge in [-0.1, -0.05) is 86.0 Å². The molecule has 0 atom stereocenters. The van der Waals surface area contributed by atoms with Crippen molar-refractivity contribution in [1.29, 1.82) is 0 Å². The van der Waals surface area contributed by atoms with Crippen LogP contribution in [0.5, 0.6) is 0 Å². The molecule has 0 nitrogen and oxygen atoms in total. The second-order valence-corrected chi connectivity index (χ2v) is 4.74. The van der Waals surface area contributed by atoms with Gasteiger partial charge in [-0.3, -0.25) is 0 Å². The van der Waals surface area contributed by atoms with Gasteiger partial charge in [-0.15, -0.1) is 0 Å². The van der Waals surface area contributed by atoms with Crippen LogP contribution in [0.15, 0.2) is 18.2 Å². The lowest BCUT2D eigenvalue weighted by molar-refractivity contribution is 1.25. The van der Waals surface area contributed by atoms with Crippen LogP contribution in [0.3, 0.4) is 0 Å². The first-order valence-corrected chi connectivity index (χ1v) is 8.18. The van der Waals surface area contributed by atoms with Crippen LogP contribution in [-0.4, -0.2) is 0 Å². The van der Waals surface area contributed by atoms with E-state index >= 15 is 0 Å². The van der Waals surface area contributed by atoms with E-state index in [0.29, 0.717) is 0 Å².